The fraction of sp³-hybridized carbons (Fsp3) is 0.632. The van der Waals surface area contributed by atoms with Gasteiger partial charge in [0, 0.05) is 32.2 Å². The van der Waals surface area contributed by atoms with E-state index >= 15 is 0 Å². The van der Waals surface area contributed by atoms with Gasteiger partial charge in [-0.1, -0.05) is 12.1 Å². The molecule has 2 fully saturated rings. The molecule has 2 saturated heterocycles. The molecule has 3 rings (SSSR count). The van der Waals surface area contributed by atoms with Crippen LogP contribution < -0.4 is 10.1 Å². The van der Waals surface area contributed by atoms with Crippen molar-refractivity contribution < 1.29 is 14.3 Å². The summed E-state index contributed by atoms with van der Waals surface area (Å²) >= 11 is 0. The van der Waals surface area contributed by atoms with Crippen molar-refractivity contribution in [2.75, 3.05) is 44.7 Å². The minimum atomic E-state index is -0.0319. The molecular formula is C19H29N3O3. The topological polar surface area (TPSA) is 54.0 Å². The second-order valence-corrected chi connectivity index (χ2v) is 7.00. The zero-order chi connectivity index (χ0) is 17.6. The molecule has 2 amide bonds. The first-order valence-electron chi connectivity index (χ1n) is 9.27. The molecule has 0 aromatic heterocycles. The number of carbonyl (C=O) groups excluding carboxylic acids is 1. The minimum Gasteiger partial charge on any atom is -0.489 e. The smallest absolute Gasteiger partial charge is 0.322 e. The summed E-state index contributed by atoms with van der Waals surface area (Å²) in [6, 6.07) is 7.86. The van der Waals surface area contributed by atoms with Crippen LogP contribution in [0.15, 0.2) is 24.3 Å². The molecule has 2 aliphatic rings. The van der Waals surface area contributed by atoms with Gasteiger partial charge in [-0.3, -0.25) is 4.90 Å². The average molecular weight is 347 g/mol. The normalized spacial score (nSPS) is 21.6. The van der Waals surface area contributed by atoms with E-state index in [9.17, 15) is 4.79 Å². The fourth-order valence-electron chi connectivity index (χ4n) is 3.49. The van der Waals surface area contributed by atoms with Crippen molar-refractivity contribution in [3.63, 3.8) is 0 Å². The Morgan fingerprint density at radius 3 is 2.80 bits per heavy atom. The highest BCUT2D eigenvalue weighted by Gasteiger charge is 2.31. The Bertz CT molecular complexity index is 573. The zero-order valence-corrected chi connectivity index (χ0v) is 15.2. The van der Waals surface area contributed by atoms with E-state index in [2.05, 4.69) is 10.2 Å². The number of nitrogens with zero attached hydrogens (tertiary/aromatic N) is 2. The number of urea groups is 1. The summed E-state index contributed by atoms with van der Waals surface area (Å²) in [6.45, 7) is 9.20. The molecule has 0 unspecified atom stereocenters. The number of benzene rings is 1. The van der Waals surface area contributed by atoms with Crippen molar-refractivity contribution in [2.24, 2.45) is 0 Å². The summed E-state index contributed by atoms with van der Waals surface area (Å²) in [7, 11) is 0. The van der Waals surface area contributed by atoms with Crippen LogP contribution >= 0.6 is 0 Å². The quantitative estimate of drug-likeness (QED) is 0.890. The van der Waals surface area contributed by atoms with Crippen LogP contribution in [0.3, 0.4) is 0 Å². The van der Waals surface area contributed by atoms with Gasteiger partial charge in [0.05, 0.1) is 25.0 Å². The Kier molecular flexibility index (Phi) is 6.15. The molecule has 1 atom stereocenters. The lowest BCUT2D eigenvalue weighted by Crippen LogP contribution is -2.47. The molecular weight excluding hydrogens is 318 g/mol. The van der Waals surface area contributed by atoms with Crippen LogP contribution in [0.25, 0.3) is 0 Å². The number of likely N-dealkylation sites (tertiary alicyclic amines) is 1. The van der Waals surface area contributed by atoms with Crippen molar-refractivity contribution in [1.82, 2.24) is 9.80 Å². The van der Waals surface area contributed by atoms with Gasteiger partial charge >= 0.3 is 6.03 Å². The Labute approximate surface area is 150 Å². The van der Waals surface area contributed by atoms with Gasteiger partial charge in [-0.2, -0.15) is 0 Å². The molecule has 0 spiro atoms. The maximum absolute atomic E-state index is 12.8. The second-order valence-electron chi connectivity index (χ2n) is 7.00. The van der Waals surface area contributed by atoms with Gasteiger partial charge in [0.15, 0.2) is 0 Å². The lowest BCUT2D eigenvalue weighted by atomic mass is 10.2. The van der Waals surface area contributed by atoms with Gasteiger partial charge in [0.1, 0.15) is 5.75 Å². The Morgan fingerprint density at radius 1 is 1.28 bits per heavy atom. The number of morpholine rings is 1. The molecule has 6 heteroatoms. The third kappa shape index (κ3) is 4.86. The minimum absolute atomic E-state index is 0.0319. The van der Waals surface area contributed by atoms with Gasteiger partial charge in [0.25, 0.3) is 0 Å². The second kappa shape index (κ2) is 8.54. The molecule has 1 aromatic rings. The van der Waals surface area contributed by atoms with E-state index in [-0.39, 0.29) is 18.2 Å². The molecule has 2 aliphatic heterocycles. The first-order valence-corrected chi connectivity index (χ1v) is 9.27. The molecule has 0 radical (unpaired) electrons. The van der Waals surface area contributed by atoms with Crippen LogP contribution in [0, 0.1) is 0 Å². The number of anilines is 1. The van der Waals surface area contributed by atoms with Crippen molar-refractivity contribution in [3.8, 4) is 5.75 Å². The largest absolute Gasteiger partial charge is 0.489 e. The third-order valence-electron chi connectivity index (χ3n) is 4.70. The molecule has 6 nitrogen and oxygen atoms in total. The van der Waals surface area contributed by atoms with Crippen LogP contribution in [0.4, 0.5) is 10.5 Å². The van der Waals surface area contributed by atoms with E-state index in [1.807, 2.05) is 43.0 Å². The first-order chi connectivity index (χ1) is 12.1. The summed E-state index contributed by atoms with van der Waals surface area (Å²) in [5.41, 5.74) is 0.734. The van der Waals surface area contributed by atoms with Crippen LogP contribution in [0.5, 0.6) is 5.75 Å². The van der Waals surface area contributed by atoms with E-state index in [1.54, 1.807) is 0 Å². The van der Waals surface area contributed by atoms with Crippen molar-refractivity contribution in [1.29, 1.82) is 0 Å². The highest BCUT2D eigenvalue weighted by molar-refractivity contribution is 5.91. The van der Waals surface area contributed by atoms with E-state index in [1.165, 1.54) is 0 Å². The lowest BCUT2D eigenvalue weighted by molar-refractivity contribution is 0.0296. The molecule has 1 aromatic carbocycles. The van der Waals surface area contributed by atoms with Crippen molar-refractivity contribution >= 4 is 11.7 Å². The summed E-state index contributed by atoms with van der Waals surface area (Å²) in [4.78, 5) is 17.2. The maximum atomic E-state index is 12.8. The van der Waals surface area contributed by atoms with E-state index < -0.39 is 0 Å². The van der Waals surface area contributed by atoms with Crippen LogP contribution in [-0.4, -0.2) is 67.4 Å². The van der Waals surface area contributed by atoms with Crippen molar-refractivity contribution in [3.05, 3.63) is 24.3 Å². The average Bonchev–Trinajstić information content (AvgIpc) is 3.05. The number of ether oxygens (including phenoxy) is 2. The highest BCUT2D eigenvalue weighted by atomic mass is 16.5. The predicted octanol–water partition coefficient (Wildman–Crippen LogP) is 2.80. The summed E-state index contributed by atoms with van der Waals surface area (Å²) < 4.78 is 11.2. The molecule has 0 saturated carbocycles. The Hall–Kier alpha value is -1.79. The van der Waals surface area contributed by atoms with Gasteiger partial charge in [-0.25, -0.2) is 4.79 Å². The van der Waals surface area contributed by atoms with Crippen LogP contribution in [0.1, 0.15) is 26.7 Å². The van der Waals surface area contributed by atoms with Gasteiger partial charge in [0.2, 0.25) is 0 Å². The number of hydrogen-bond donors (Lipinski definition) is 1. The van der Waals surface area contributed by atoms with Gasteiger partial charge in [-0.15, -0.1) is 0 Å². The lowest BCUT2D eigenvalue weighted by Gasteiger charge is -2.33. The number of para-hydroxylation sites is 2. The van der Waals surface area contributed by atoms with E-state index in [4.69, 9.17) is 9.47 Å². The fourth-order valence-corrected chi connectivity index (χ4v) is 3.49. The number of rotatable bonds is 5. The Morgan fingerprint density at radius 2 is 2.04 bits per heavy atom. The van der Waals surface area contributed by atoms with Crippen LogP contribution in [0.2, 0.25) is 0 Å². The van der Waals surface area contributed by atoms with E-state index in [0.717, 1.165) is 63.7 Å². The van der Waals surface area contributed by atoms with E-state index in [0.29, 0.717) is 0 Å². The Balaban J connectivity index is 1.62. The number of nitrogens with one attached hydrogen (secondary N) is 1. The molecule has 1 N–H and O–H groups in total. The zero-order valence-electron chi connectivity index (χ0n) is 15.2. The summed E-state index contributed by atoms with van der Waals surface area (Å²) in [5.74, 6) is 0.717. The van der Waals surface area contributed by atoms with Crippen LogP contribution in [-0.2, 0) is 4.74 Å². The van der Waals surface area contributed by atoms with Gasteiger partial charge in [-0.05, 0) is 38.8 Å². The predicted molar refractivity (Wildman–Crippen MR) is 98.2 cm³/mol. The van der Waals surface area contributed by atoms with Crippen molar-refractivity contribution in [2.45, 2.75) is 38.8 Å². The highest BCUT2D eigenvalue weighted by Crippen LogP contribution is 2.27. The number of carbonyl (C=O) groups is 1. The first kappa shape index (κ1) is 18.0. The number of amides is 2. The standard InChI is InChI=1S/C19H29N3O3/c1-15(2)25-18-8-4-3-7-17(18)20-19(23)22-9-5-6-16(22)14-21-10-12-24-13-11-21/h3-4,7-8,15-16H,5-6,9-14H2,1-2H3,(H,20,23)/t16-/m0/s1. The third-order valence-corrected chi connectivity index (χ3v) is 4.70. The van der Waals surface area contributed by atoms with Gasteiger partial charge < -0.3 is 19.7 Å². The molecule has 2 heterocycles. The summed E-state index contributed by atoms with van der Waals surface area (Å²) in [5, 5.41) is 3.04. The summed E-state index contributed by atoms with van der Waals surface area (Å²) in [6.07, 6.45) is 2.19. The molecule has 0 bridgehead atoms. The number of hydrogen-bond acceptors (Lipinski definition) is 4. The SMILES string of the molecule is CC(C)Oc1ccccc1NC(=O)N1CCC[C@H]1CN1CCOCC1. The molecule has 138 valence electrons. The molecule has 0 aliphatic carbocycles. The monoisotopic (exact) mass is 347 g/mol. The maximum Gasteiger partial charge on any atom is 0.322 e. The molecule has 25 heavy (non-hydrogen) atoms.